The van der Waals surface area contributed by atoms with Gasteiger partial charge in [-0.3, -0.25) is 5.73 Å². The second-order valence-corrected chi connectivity index (χ2v) is 3.15. The van der Waals surface area contributed by atoms with E-state index in [1.165, 1.54) is 6.07 Å². The monoisotopic (exact) mass is 181 g/mol. The zero-order valence-electron chi connectivity index (χ0n) is 6.97. The van der Waals surface area contributed by atoms with Gasteiger partial charge in [-0.25, -0.2) is 0 Å². The maximum absolute atomic E-state index is 9.38. The number of aliphatic hydroxyl groups excluding tert-OH is 1. The molecule has 0 radical (unpaired) electrons. The van der Waals surface area contributed by atoms with Crippen molar-refractivity contribution in [3.8, 4) is 11.5 Å². The van der Waals surface area contributed by atoms with Gasteiger partial charge in [0.1, 0.15) is 17.6 Å². The molecule has 0 spiro atoms. The summed E-state index contributed by atoms with van der Waals surface area (Å²) >= 11 is 0. The first kappa shape index (κ1) is 8.34. The van der Waals surface area contributed by atoms with Gasteiger partial charge < -0.3 is 14.9 Å². The predicted octanol–water partition coefficient (Wildman–Crippen LogP) is -0.0272. The van der Waals surface area contributed by atoms with Crippen LogP contribution in [0.1, 0.15) is 5.56 Å². The molecular formula is C9H11NO3. The van der Waals surface area contributed by atoms with E-state index in [9.17, 15) is 5.11 Å². The fourth-order valence-electron chi connectivity index (χ4n) is 1.39. The summed E-state index contributed by atoms with van der Waals surface area (Å²) in [5.41, 5.74) is 6.36. The zero-order chi connectivity index (χ0) is 9.42. The van der Waals surface area contributed by atoms with Crippen LogP contribution in [0.15, 0.2) is 18.2 Å². The molecule has 1 aliphatic rings. The lowest BCUT2D eigenvalue weighted by Gasteiger charge is -2.27. The molecule has 0 fully saturated rings. The molecule has 0 aliphatic carbocycles. The number of aliphatic hydroxyl groups is 1. The minimum absolute atomic E-state index is 0.141. The van der Waals surface area contributed by atoms with E-state index in [0.29, 0.717) is 12.2 Å². The molecule has 0 saturated heterocycles. The van der Waals surface area contributed by atoms with E-state index in [1.54, 1.807) is 12.1 Å². The third kappa shape index (κ3) is 1.46. The minimum atomic E-state index is -0.700. The summed E-state index contributed by atoms with van der Waals surface area (Å²) in [5.74, 6) is 0.695. The Balaban J connectivity index is 2.37. The average Bonchev–Trinajstić information content (AvgIpc) is 2.08. The number of hydrogen-bond acceptors (Lipinski definition) is 4. The number of benzene rings is 1. The molecule has 0 aromatic heterocycles. The summed E-state index contributed by atoms with van der Waals surface area (Å²) in [6, 6.07) is 4.78. The molecule has 1 aromatic carbocycles. The van der Waals surface area contributed by atoms with Gasteiger partial charge >= 0.3 is 0 Å². The number of phenols is 1. The van der Waals surface area contributed by atoms with Crippen molar-refractivity contribution in [1.82, 2.24) is 0 Å². The van der Waals surface area contributed by atoms with Crippen LogP contribution in [0.2, 0.25) is 0 Å². The van der Waals surface area contributed by atoms with Crippen LogP contribution in [-0.2, 0) is 6.42 Å². The van der Waals surface area contributed by atoms with Gasteiger partial charge in [-0.15, -0.1) is 0 Å². The van der Waals surface area contributed by atoms with Gasteiger partial charge in [-0.1, -0.05) is 6.07 Å². The van der Waals surface area contributed by atoms with Crippen LogP contribution in [0, 0.1) is 0 Å². The second kappa shape index (κ2) is 2.90. The number of rotatable bonds is 0. The zero-order valence-corrected chi connectivity index (χ0v) is 6.97. The van der Waals surface area contributed by atoms with Gasteiger partial charge in [0.15, 0.2) is 6.23 Å². The highest BCUT2D eigenvalue weighted by Gasteiger charge is 2.25. The quantitative estimate of drug-likeness (QED) is 0.525. The molecule has 2 rings (SSSR count). The van der Waals surface area contributed by atoms with Crippen molar-refractivity contribution >= 4 is 0 Å². The summed E-state index contributed by atoms with van der Waals surface area (Å²) in [4.78, 5) is 0. The first-order valence-corrected chi connectivity index (χ1v) is 4.09. The third-order valence-corrected chi connectivity index (χ3v) is 2.12. The lowest BCUT2D eigenvalue weighted by Crippen LogP contribution is -2.44. The third-order valence-electron chi connectivity index (χ3n) is 2.12. The predicted molar refractivity (Wildman–Crippen MR) is 46.4 cm³/mol. The Kier molecular flexibility index (Phi) is 1.86. The Morgan fingerprint density at radius 1 is 1.46 bits per heavy atom. The first-order chi connectivity index (χ1) is 6.16. The normalized spacial score (nSPS) is 26.3. The molecular weight excluding hydrogens is 170 g/mol. The van der Waals surface area contributed by atoms with Crippen molar-refractivity contribution < 1.29 is 14.9 Å². The lowest BCUT2D eigenvalue weighted by molar-refractivity contribution is 0.0256. The molecule has 2 atom stereocenters. The van der Waals surface area contributed by atoms with Gasteiger partial charge in [-0.2, -0.15) is 0 Å². The highest BCUT2D eigenvalue weighted by Crippen LogP contribution is 2.29. The Labute approximate surface area is 75.6 Å². The van der Waals surface area contributed by atoms with E-state index in [1.807, 2.05) is 0 Å². The number of ether oxygens (including phenoxy) is 1. The molecule has 4 nitrogen and oxygen atoms in total. The first-order valence-electron chi connectivity index (χ1n) is 4.09. The van der Waals surface area contributed by atoms with Crippen LogP contribution < -0.4 is 10.5 Å². The molecule has 70 valence electrons. The molecule has 4 heteroatoms. The van der Waals surface area contributed by atoms with Crippen LogP contribution in [0.4, 0.5) is 0 Å². The van der Waals surface area contributed by atoms with E-state index >= 15 is 0 Å². The number of phenolic OH excluding ortho intramolecular Hbond substituents is 1. The largest absolute Gasteiger partial charge is 0.508 e. The second-order valence-electron chi connectivity index (χ2n) is 3.15. The summed E-state index contributed by atoms with van der Waals surface area (Å²) in [7, 11) is 0. The molecule has 0 saturated carbocycles. The molecule has 4 N–H and O–H groups in total. The van der Waals surface area contributed by atoms with Crippen LogP contribution >= 0.6 is 0 Å². The van der Waals surface area contributed by atoms with Crippen molar-refractivity contribution in [2.24, 2.45) is 5.73 Å². The van der Waals surface area contributed by atoms with Crippen LogP contribution in [-0.4, -0.2) is 22.5 Å². The Morgan fingerprint density at radius 3 is 3.00 bits per heavy atom. The van der Waals surface area contributed by atoms with E-state index in [4.69, 9.17) is 15.6 Å². The van der Waals surface area contributed by atoms with E-state index < -0.39 is 12.3 Å². The van der Waals surface area contributed by atoms with E-state index in [2.05, 4.69) is 0 Å². The smallest absolute Gasteiger partial charge is 0.174 e. The fourth-order valence-corrected chi connectivity index (χ4v) is 1.39. The van der Waals surface area contributed by atoms with Crippen LogP contribution in [0.5, 0.6) is 11.5 Å². The maximum atomic E-state index is 9.38. The van der Waals surface area contributed by atoms with Crippen molar-refractivity contribution in [3.05, 3.63) is 23.8 Å². The van der Waals surface area contributed by atoms with Crippen molar-refractivity contribution in [1.29, 1.82) is 0 Å². The molecule has 0 amide bonds. The van der Waals surface area contributed by atoms with Gasteiger partial charge in [0, 0.05) is 12.5 Å². The molecule has 1 aliphatic heterocycles. The van der Waals surface area contributed by atoms with Gasteiger partial charge in [0.2, 0.25) is 0 Å². The summed E-state index contributed by atoms with van der Waals surface area (Å²) in [6.07, 6.45) is -0.900. The molecule has 1 heterocycles. The number of hydrogen-bond donors (Lipinski definition) is 3. The molecule has 2 unspecified atom stereocenters. The van der Waals surface area contributed by atoms with Crippen LogP contribution in [0.25, 0.3) is 0 Å². The SMILES string of the molecule is NC1Oc2cc(O)ccc2CC1O. The van der Waals surface area contributed by atoms with E-state index in [0.717, 1.165) is 5.56 Å². The highest BCUT2D eigenvalue weighted by molar-refractivity contribution is 5.41. The van der Waals surface area contributed by atoms with E-state index in [-0.39, 0.29) is 5.75 Å². The molecule has 0 bridgehead atoms. The lowest BCUT2D eigenvalue weighted by atomic mass is 10.0. The molecule has 1 aromatic rings. The minimum Gasteiger partial charge on any atom is -0.508 e. The number of fused-ring (bicyclic) bond motifs is 1. The van der Waals surface area contributed by atoms with Crippen molar-refractivity contribution in [2.75, 3.05) is 0 Å². The number of nitrogens with two attached hydrogens (primary N) is 1. The topological polar surface area (TPSA) is 75.7 Å². The van der Waals surface area contributed by atoms with Crippen LogP contribution in [0.3, 0.4) is 0 Å². The standard InChI is InChI=1S/C9H11NO3/c10-9-7(12)3-5-1-2-6(11)4-8(5)13-9/h1-2,4,7,9,11-12H,3,10H2. The molecule has 13 heavy (non-hydrogen) atoms. The van der Waals surface area contributed by atoms with Gasteiger partial charge in [-0.05, 0) is 11.6 Å². The highest BCUT2D eigenvalue weighted by atomic mass is 16.5. The fraction of sp³-hybridized carbons (Fsp3) is 0.333. The van der Waals surface area contributed by atoms with Crippen molar-refractivity contribution in [2.45, 2.75) is 18.8 Å². The van der Waals surface area contributed by atoms with Gasteiger partial charge in [0.25, 0.3) is 0 Å². The average molecular weight is 181 g/mol. The summed E-state index contributed by atoms with van der Waals surface area (Å²) < 4.78 is 5.19. The summed E-state index contributed by atoms with van der Waals surface area (Å²) in [6.45, 7) is 0. The Morgan fingerprint density at radius 2 is 2.23 bits per heavy atom. The maximum Gasteiger partial charge on any atom is 0.174 e. The van der Waals surface area contributed by atoms with Crippen molar-refractivity contribution in [3.63, 3.8) is 0 Å². The number of aromatic hydroxyl groups is 1. The van der Waals surface area contributed by atoms with Gasteiger partial charge in [0.05, 0.1) is 0 Å². The summed E-state index contributed by atoms with van der Waals surface area (Å²) in [5, 5.41) is 18.5. The Bertz CT molecular complexity index is 327. The Hall–Kier alpha value is -1.26.